The lowest BCUT2D eigenvalue weighted by Gasteiger charge is -2.36. The van der Waals surface area contributed by atoms with Crippen molar-refractivity contribution in [1.82, 2.24) is 0 Å². The lowest BCUT2D eigenvalue weighted by molar-refractivity contribution is -0.148. The van der Waals surface area contributed by atoms with Crippen LogP contribution in [0.2, 0.25) is 0 Å². The summed E-state index contributed by atoms with van der Waals surface area (Å²) in [7, 11) is 0. The number of ketones is 1. The predicted molar refractivity (Wildman–Crippen MR) is 53.0 cm³/mol. The third kappa shape index (κ3) is 1.01. The van der Waals surface area contributed by atoms with Crippen LogP contribution in [0.25, 0.3) is 0 Å². The van der Waals surface area contributed by atoms with Crippen LogP contribution in [0.4, 0.5) is 0 Å². The first-order valence-corrected chi connectivity index (χ1v) is 5.57. The Morgan fingerprint density at radius 1 is 1.47 bits per heavy atom. The second kappa shape index (κ2) is 2.71. The third-order valence-corrected chi connectivity index (χ3v) is 4.12. The summed E-state index contributed by atoms with van der Waals surface area (Å²) in [5.41, 5.74) is 0.441. The van der Waals surface area contributed by atoms with Crippen LogP contribution in [-0.2, 0) is 14.3 Å². The molecular formula is C12H14O3. The molecule has 0 unspecified atom stereocenters. The van der Waals surface area contributed by atoms with Crippen LogP contribution < -0.4 is 0 Å². The summed E-state index contributed by atoms with van der Waals surface area (Å²) in [5, 5.41) is 0. The standard InChI is InChI=1S/C12H14O3/c1-12-6-2-3-7-8(13)4-5-9(10(7)12)15-11(12)14/h3,9-10H,2,4-6H2,1H3/t9-,10+,12+/m1/s1. The number of carbonyl (C=O) groups excluding carboxylic acids is 2. The summed E-state index contributed by atoms with van der Waals surface area (Å²) < 4.78 is 5.40. The summed E-state index contributed by atoms with van der Waals surface area (Å²) in [5.74, 6) is 0.165. The van der Waals surface area contributed by atoms with Gasteiger partial charge in [0.05, 0.1) is 5.41 Å². The van der Waals surface area contributed by atoms with Gasteiger partial charge in [0, 0.05) is 12.3 Å². The molecule has 3 rings (SSSR count). The van der Waals surface area contributed by atoms with Gasteiger partial charge in [-0.2, -0.15) is 0 Å². The maximum atomic E-state index is 11.8. The quantitative estimate of drug-likeness (QED) is 0.566. The SMILES string of the molecule is C[C@@]12CCC=C3C(=O)CC[C@@H](OC1=O)[C@H]32. The van der Waals surface area contributed by atoms with Gasteiger partial charge in [-0.1, -0.05) is 6.08 Å². The number of ether oxygens (including phenoxy) is 1. The number of hydrogen-bond donors (Lipinski definition) is 0. The highest BCUT2D eigenvalue weighted by molar-refractivity contribution is 5.99. The zero-order chi connectivity index (χ0) is 10.6. The highest BCUT2D eigenvalue weighted by Crippen LogP contribution is 2.53. The average molecular weight is 206 g/mol. The summed E-state index contributed by atoms with van der Waals surface area (Å²) in [6.45, 7) is 1.95. The molecule has 0 amide bonds. The Morgan fingerprint density at radius 3 is 3.07 bits per heavy atom. The lowest BCUT2D eigenvalue weighted by atomic mass is 9.63. The number of allylic oxidation sites excluding steroid dienone is 1. The van der Waals surface area contributed by atoms with Crippen molar-refractivity contribution < 1.29 is 14.3 Å². The van der Waals surface area contributed by atoms with Crippen LogP contribution in [0.5, 0.6) is 0 Å². The molecule has 0 aromatic rings. The van der Waals surface area contributed by atoms with Gasteiger partial charge in [0.1, 0.15) is 6.10 Å². The molecule has 3 heteroatoms. The monoisotopic (exact) mass is 206 g/mol. The average Bonchev–Trinajstić information content (AvgIpc) is 2.47. The van der Waals surface area contributed by atoms with Gasteiger partial charge in [0.25, 0.3) is 0 Å². The predicted octanol–water partition coefficient (Wildman–Crippen LogP) is 1.62. The van der Waals surface area contributed by atoms with E-state index in [-0.39, 0.29) is 23.8 Å². The van der Waals surface area contributed by atoms with E-state index in [1.807, 2.05) is 13.0 Å². The molecule has 0 radical (unpaired) electrons. The number of hydrogen-bond acceptors (Lipinski definition) is 3. The maximum Gasteiger partial charge on any atom is 0.312 e. The zero-order valence-corrected chi connectivity index (χ0v) is 8.79. The third-order valence-electron chi connectivity index (χ3n) is 4.12. The van der Waals surface area contributed by atoms with Crippen molar-refractivity contribution in [3.8, 4) is 0 Å². The van der Waals surface area contributed by atoms with Crippen molar-refractivity contribution in [1.29, 1.82) is 0 Å². The molecule has 80 valence electrons. The number of Topliss-reactive ketones (excluding diaryl/α,β-unsaturated/α-hetero) is 1. The topological polar surface area (TPSA) is 43.4 Å². The van der Waals surface area contributed by atoms with Crippen molar-refractivity contribution in [3.63, 3.8) is 0 Å². The van der Waals surface area contributed by atoms with E-state index in [1.54, 1.807) is 0 Å². The van der Waals surface area contributed by atoms with Crippen molar-refractivity contribution in [2.45, 2.75) is 38.7 Å². The second-order valence-electron chi connectivity index (χ2n) is 5.00. The van der Waals surface area contributed by atoms with Crippen LogP contribution in [0.1, 0.15) is 32.6 Å². The van der Waals surface area contributed by atoms with E-state index >= 15 is 0 Å². The van der Waals surface area contributed by atoms with Gasteiger partial charge in [-0.25, -0.2) is 0 Å². The Kier molecular flexibility index (Phi) is 1.65. The highest BCUT2D eigenvalue weighted by Gasteiger charge is 2.58. The van der Waals surface area contributed by atoms with E-state index in [4.69, 9.17) is 4.74 Å². The molecule has 0 aromatic carbocycles. The fourth-order valence-electron chi connectivity index (χ4n) is 3.26. The summed E-state index contributed by atoms with van der Waals surface area (Å²) in [6.07, 6.45) is 4.88. The fraction of sp³-hybridized carbons (Fsp3) is 0.667. The molecule has 1 heterocycles. The molecule has 0 bridgehead atoms. The molecule has 0 spiro atoms. The molecule has 3 atom stereocenters. The van der Waals surface area contributed by atoms with Gasteiger partial charge in [0.2, 0.25) is 0 Å². The van der Waals surface area contributed by atoms with Crippen LogP contribution in [0.3, 0.4) is 0 Å². The maximum absolute atomic E-state index is 11.8. The van der Waals surface area contributed by atoms with Crippen LogP contribution in [0, 0.1) is 11.3 Å². The largest absolute Gasteiger partial charge is 0.461 e. The van der Waals surface area contributed by atoms with Crippen molar-refractivity contribution >= 4 is 11.8 Å². The second-order valence-corrected chi connectivity index (χ2v) is 5.00. The van der Waals surface area contributed by atoms with Crippen LogP contribution in [0.15, 0.2) is 11.6 Å². The number of rotatable bonds is 0. The van der Waals surface area contributed by atoms with Gasteiger partial charge in [-0.05, 0) is 31.8 Å². The lowest BCUT2D eigenvalue weighted by Crippen LogP contribution is -2.40. The summed E-state index contributed by atoms with van der Waals surface area (Å²) in [6, 6.07) is 0. The molecule has 0 N–H and O–H groups in total. The summed E-state index contributed by atoms with van der Waals surface area (Å²) >= 11 is 0. The molecule has 3 nitrogen and oxygen atoms in total. The molecule has 15 heavy (non-hydrogen) atoms. The van der Waals surface area contributed by atoms with E-state index in [0.29, 0.717) is 12.8 Å². The Bertz CT molecular complexity index is 382. The molecule has 0 aromatic heterocycles. The van der Waals surface area contributed by atoms with Crippen LogP contribution >= 0.6 is 0 Å². The van der Waals surface area contributed by atoms with Gasteiger partial charge in [-0.15, -0.1) is 0 Å². The first-order valence-electron chi connectivity index (χ1n) is 5.57. The molecule has 1 saturated carbocycles. The Hall–Kier alpha value is -1.12. The van der Waals surface area contributed by atoms with E-state index in [0.717, 1.165) is 18.4 Å². The molecule has 1 aliphatic heterocycles. The normalized spacial score (nSPS) is 43.4. The summed E-state index contributed by atoms with van der Waals surface area (Å²) in [4.78, 5) is 23.6. The minimum Gasteiger partial charge on any atom is -0.461 e. The Balaban J connectivity index is 2.11. The van der Waals surface area contributed by atoms with E-state index in [2.05, 4.69) is 0 Å². The zero-order valence-electron chi connectivity index (χ0n) is 8.79. The number of carbonyl (C=O) groups is 2. The Labute approximate surface area is 88.5 Å². The van der Waals surface area contributed by atoms with Gasteiger partial charge < -0.3 is 4.74 Å². The van der Waals surface area contributed by atoms with Crippen molar-refractivity contribution in [2.75, 3.05) is 0 Å². The number of esters is 1. The van der Waals surface area contributed by atoms with Gasteiger partial charge in [0.15, 0.2) is 5.78 Å². The molecule has 2 aliphatic carbocycles. The molecular weight excluding hydrogens is 192 g/mol. The highest BCUT2D eigenvalue weighted by atomic mass is 16.6. The first kappa shape index (κ1) is 9.13. The van der Waals surface area contributed by atoms with E-state index in [1.165, 1.54) is 0 Å². The smallest absolute Gasteiger partial charge is 0.312 e. The minimum atomic E-state index is -0.426. The van der Waals surface area contributed by atoms with Crippen molar-refractivity contribution in [2.24, 2.45) is 11.3 Å². The fourth-order valence-corrected chi connectivity index (χ4v) is 3.26. The molecule has 3 aliphatic rings. The minimum absolute atomic E-state index is 0.0354. The van der Waals surface area contributed by atoms with Crippen LogP contribution in [-0.4, -0.2) is 17.9 Å². The van der Waals surface area contributed by atoms with Crippen molar-refractivity contribution in [3.05, 3.63) is 11.6 Å². The van der Waals surface area contributed by atoms with E-state index in [9.17, 15) is 9.59 Å². The van der Waals surface area contributed by atoms with Gasteiger partial charge in [-0.3, -0.25) is 9.59 Å². The molecule has 1 saturated heterocycles. The first-order chi connectivity index (χ1) is 7.13. The Morgan fingerprint density at radius 2 is 2.27 bits per heavy atom. The van der Waals surface area contributed by atoms with Gasteiger partial charge >= 0.3 is 5.97 Å². The molecule has 2 fully saturated rings. The van der Waals surface area contributed by atoms with E-state index < -0.39 is 5.41 Å².